The SMILES string of the molecule is C[C@H](O)C(=O)CCCCC[C@H]1NC(=O)[C@H]2CCCN2C(=O)[C@H](Cc2ccccc2)NC(=O)C(C)(C)NC1=O. The molecule has 0 aromatic heterocycles. The molecular weight excluding hydrogens is 488 g/mol. The molecule has 0 aliphatic carbocycles. The fourth-order valence-corrected chi connectivity index (χ4v) is 4.91. The molecular formula is C28H40N4O6. The van der Waals surface area contributed by atoms with Crippen molar-refractivity contribution in [2.75, 3.05) is 6.54 Å². The predicted octanol–water partition coefficient (Wildman–Crippen LogP) is 0.999. The lowest BCUT2D eigenvalue weighted by molar-refractivity contribution is -0.144. The minimum Gasteiger partial charge on any atom is -0.386 e. The van der Waals surface area contributed by atoms with E-state index in [9.17, 15) is 29.1 Å². The lowest BCUT2D eigenvalue weighted by Crippen LogP contribution is -2.64. The Kier molecular flexibility index (Phi) is 10.0. The van der Waals surface area contributed by atoms with E-state index in [1.807, 2.05) is 30.3 Å². The summed E-state index contributed by atoms with van der Waals surface area (Å²) in [6, 6.07) is 6.85. The number of rotatable bonds is 9. The molecule has 38 heavy (non-hydrogen) atoms. The summed E-state index contributed by atoms with van der Waals surface area (Å²) in [7, 11) is 0. The molecule has 1 aromatic carbocycles. The van der Waals surface area contributed by atoms with Crippen LogP contribution in [0.4, 0.5) is 0 Å². The number of nitrogens with one attached hydrogen (secondary N) is 3. The van der Waals surface area contributed by atoms with Crippen LogP contribution >= 0.6 is 0 Å². The number of ketones is 1. The van der Waals surface area contributed by atoms with Crippen LogP contribution in [0.2, 0.25) is 0 Å². The van der Waals surface area contributed by atoms with E-state index in [0.717, 1.165) is 5.56 Å². The first kappa shape index (κ1) is 29.3. The third kappa shape index (κ3) is 7.63. The number of unbranched alkanes of at least 4 members (excludes halogenated alkanes) is 2. The molecule has 1 aromatic rings. The van der Waals surface area contributed by atoms with Gasteiger partial charge in [0.15, 0.2) is 5.78 Å². The summed E-state index contributed by atoms with van der Waals surface area (Å²) in [5, 5.41) is 17.8. The van der Waals surface area contributed by atoms with E-state index < -0.39 is 41.6 Å². The molecule has 4 amide bonds. The Balaban J connectivity index is 1.78. The molecule has 0 spiro atoms. The normalized spacial score (nSPS) is 24.8. The maximum Gasteiger partial charge on any atom is 0.246 e. The Hall–Kier alpha value is -3.27. The lowest BCUT2D eigenvalue weighted by Gasteiger charge is -2.34. The maximum absolute atomic E-state index is 13.6. The van der Waals surface area contributed by atoms with Gasteiger partial charge in [0.25, 0.3) is 0 Å². The van der Waals surface area contributed by atoms with Crippen molar-refractivity contribution in [3.05, 3.63) is 35.9 Å². The molecule has 4 atom stereocenters. The Morgan fingerprint density at radius 1 is 1.03 bits per heavy atom. The van der Waals surface area contributed by atoms with Crippen LogP contribution in [0.25, 0.3) is 0 Å². The van der Waals surface area contributed by atoms with E-state index in [1.165, 1.54) is 11.8 Å². The largest absolute Gasteiger partial charge is 0.386 e. The maximum atomic E-state index is 13.6. The molecule has 0 unspecified atom stereocenters. The highest BCUT2D eigenvalue weighted by molar-refractivity contribution is 5.99. The zero-order valence-corrected chi connectivity index (χ0v) is 22.5. The Bertz CT molecular complexity index is 1030. The molecule has 3 rings (SSSR count). The van der Waals surface area contributed by atoms with Crippen LogP contribution in [-0.4, -0.2) is 75.7 Å². The van der Waals surface area contributed by atoms with Gasteiger partial charge in [0.1, 0.15) is 29.8 Å². The lowest BCUT2D eigenvalue weighted by atomic mass is 9.98. The molecule has 10 nitrogen and oxygen atoms in total. The molecule has 2 aliphatic heterocycles. The Morgan fingerprint density at radius 3 is 2.42 bits per heavy atom. The number of hydrogen-bond acceptors (Lipinski definition) is 6. The van der Waals surface area contributed by atoms with Crippen molar-refractivity contribution in [3.63, 3.8) is 0 Å². The first-order valence-electron chi connectivity index (χ1n) is 13.5. The second-order valence-electron chi connectivity index (χ2n) is 10.8. The number of Topliss-reactive ketones (excluding diaryl/α,β-unsaturated/α-hetero) is 1. The van der Waals surface area contributed by atoms with Crippen LogP contribution in [-0.2, 0) is 30.4 Å². The number of hydrogen-bond donors (Lipinski definition) is 4. The van der Waals surface area contributed by atoms with Crippen LogP contribution in [0.5, 0.6) is 0 Å². The minimum atomic E-state index is -1.33. The van der Waals surface area contributed by atoms with Crippen molar-refractivity contribution in [1.29, 1.82) is 0 Å². The van der Waals surface area contributed by atoms with Crippen molar-refractivity contribution in [3.8, 4) is 0 Å². The van der Waals surface area contributed by atoms with Gasteiger partial charge in [-0.3, -0.25) is 24.0 Å². The van der Waals surface area contributed by atoms with Gasteiger partial charge in [-0.05, 0) is 52.0 Å². The molecule has 0 saturated carbocycles. The topological polar surface area (TPSA) is 145 Å². The molecule has 0 radical (unpaired) electrons. The highest BCUT2D eigenvalue weighted by Crippen LogP contribution is 2.21. The van der Waals surface area contributed by atoms with Crippen LogP contribution in [0.15, 0.2) is 30.3 Å². The molecule has 0 bridgehead atoms. The molecule has 10 heteroatoms. The van der Waals surface area contributed by atoms with E-state index in [2.05, 4.69) is 16.0 Å². The van der Waals surface area contributed by atoms with E-state index in [0.29, 0.717) is 45.1 Å². The van der Waals surface area contributed by atoms with Gasteiger partial charge in [-0.2, -0.15) is 0 Å². The number of aliphatic hydroxyl groups excluding tert-OH is 1. The summed E-state index contributed by atoms with van der Waals surface area (Å²) in [5.41, 5.74) is -0.460. The number of fused-ring (bicyclic) bond motifs is 1. The highest BCUT2D eigenvalue weighted by Gasteiger charge is 2.42. The number of aliphatic hydroxyl groups is 1. The van der Waals surface area contributed by atoms with E-state index in [4.69, 9.17) is 0 Å². The second kappa shape index (κ2) is 13.0. The van der Waals surface area contributed by atoms with Crippen molar-refractivity contribution < 1.29 is 29.1 Å². The summed E-state index contributed by atoms with van der Waals surface area (Å²) in [6.07, 6.45) is 2.72. The van der Waals surface area contributed by atoms with Crippen molar-refractivity contribution >= 4 is 29.4 Å². The van der Waals surface area contributed by atoms with Crippen molar-refractivity contribution in [2.24, 2.45) is 0 Å². The van der Waals surface area contributed by atoms with Gasteiger partial charge in [0, 0.05) is 19.4 Å². The third-order valence-electron chi connectivity index (χ3n) is 7.24. The molecule has 2 saturated heterocycles. The standard InChI is InChI=1S/C28H40N4O6/c1-18(33)23(34)15-9-5-8-13-20-24(35)31-28(2,3)27(38)30-21(17-19-11-6-4-7-12-19)26(37)32-16-10-14-22(32)25(36)29-20/h4,6-7,11-12,18,20-22,33H,5,8-10,13-17H2,1-3H3,(H,29,36)(H,30,38)(H,31,35)/t18-,20+,21-,22+/m0/s1. The van der Waals surface area contributed by atoms with Crippen LogP contribution in [0.3, 0.4) is 0 Å². The number of amides is 4. The summed E-state index contributed by atoms with van der Waals surface area (Å²) in [5.74, 6) is -1.90. The molecule has 208 valence electrons. The van der Waals surface area contributed by atoms with Crippen molar-refractivity contribution in [1.82, 2.24) is 20.9 Å². The molecule has 2 aliphatic rings. The van der Waals surface area contributed by atoms with Crippen LogP contribution in [0.1, 0.15) is 71.3 Å². The van der Waals surface area contributed by atoms with Crippen molar-refractivity contribution in [2.45, 2.75) is 102 Å². The van der Waals surface area contributed by atoms with Gasteiger partial charge in [-0.25, -0.2) is 0 Å². The van der Waals surface area contributed by atoms with Gasteiger partial charge >= 0.3 is 0 Å². The quantitative estimate of drug-likeness (QED) is 0.352. The first-order valence-corrected chi connectivity index (χ1v) is 13.5. The van der Waals surface area contributed by atoms with Gasteiger partial charge in [-0.1, -0.05) is 43.2 Å². The average molecular weight is 529 g/mol. The zero-order chi connectivity index (χ0) is 27.9. The summed E-state index contributed by atoms with van der Waals surface area (Å²) in [4.78, 5) is 66.7. The fourth-order valence-electron chi connectivity index (χ4n) is 4.91. The van der Waals surface area contributed by atoms with Gasteiger partial charge in [0.2, 0.25) is 23.6 Å². The number of carbonyl (C=O) groups excluding carboxylic acids is 5. The van der Waals surface area contributed by atoms with E-state index in [-0.39, 0.29) is 30.4 Å². The monoisotopic (exact) mass is 528 g/mol. The van der Waals surface area contributed by atoms with Crippen LogP contribution < -0.4 is 16.0 Å². The smallest absolute Gasteiger partial charge is 0.246 e. The Morgan fingerprint density at radius 2 is 1.74 bits per heavy atom. The summed E-state index contributed by atoms with van der Waals surface area (Å²) in [6.45, 7) is 4.96. The second-order valence-corrected chi connectivity index (χ2v) is 10.8. The molecule has 4 N–H and O–H groups in total. The van der Waals surface area contributed by atoms with E-state index in [1.54, 1.807) is 13.8 Å². The predicted molar refractivity (Wildman–Crippen MR) is 141 cm³/mol. The van der Waals surface area contributed by atoms with E-state index >= 15 is 0 Å². The fraction of sp³-hybridized carbons (Fsp3) is 0.607. The first-order chi connectivity index (χ1) is 18.0. The Labute approximate surface area is 223 Å². The summed E-state index contributed by atoms with van der Waals surface area (Å²) >= 11 is 0. The molecule has 2 fully saturated rings. The number of nitrogens with zero attached hydrogens (tertiary/aromatic N) is 1. The molecule has 2 heterocycles. The van der Waals surface area contributed by atoms with Gasteiger partial charge < -0.3 is 26.0 Å². The highest BCUT2D eigenvalue weighted by atomic mass is 16.3. The van der Waals surface area contributed by atoms with Gasteiger partial charge in [0.05, 0.1) is 0 Å². The summed E-state index contributed by atoms with van der Waals surface area (Å²) < 4.78 is 0. The minimum absolute atomic E-state index is 0.230. The number of carbonyl (C=O) groups is 5. The van der Waals surface area contributed by atoms with Gasteiger partial charge in [-0.15, -0.1) is 0 Å². The zero-order valence-electron chi connectivity index (χ0n) is 22.5. The number of benzene rings is 1. The van der Waals surface area contributed by atoms with Crippen LogP contribution in [0, 0.1) is 0 Å². The third-order valence-corrected chi connectivity index (χ3v) is 7.24. The average Bonchev–Trinajstić information content (AvgIpc) is 3.36.